The maximum Gasteiger partial charge on any atom is 0.273 e. The largest absolute Gasteiger partial charge is 0.350 e. The van der Waals surface area contributed by atoms with Crippen molar-refractivity contribution >= 4 is 24.2 Å². The molecular weight excluding hydrogens is 399 g/mol. The molecule has 3 N–H and O–H groups in total. The highest BCUT2D eigenvalue weighted by Gasteiger charge is 2.22. The normalized spacial score (nSPS) is 14.2. The van der Waals surface area contributed by atoms with E-state index in [-0.39, 0.29) is 48.9 Å². The summed E-state index contributed by atoms with van der Waals surface area (Å²) in [5.41, 5.74) is 1.76. The second kappa shape index (κ2) is 10.3. The molecule has 2 heterocycles. The van der Waals surface area contributed by atoms with Crippen LogP contribution >= 0.6 is 12.4 Å². The molecule has 0 saturated carbocycles. The number of aromatic nitrogens is 3. The average Bonchev–Trinajstić information content (AvgIpc) is 3.09. The number of hydrogen-bond donors (Lipinski definition) is 3. The minimum atomic E-state index is -0.423. The Bertz CT molecular complexity index is 866. The molecule has 3 rings (SSSR count). The zero-order chi connectivity index (χ0) is 20.1. The Morgan fingerprint density at radius 2 is 1.83 bits per heavy atom. The minimum Gasteiger partial charge on any atom is -0.350 e. The lowest BCUT2D eigenvalue weighted by Crippen LogP contribution is -2.35. The van der Waals surface area contributed by atoms with Gasteiger partial charge in [-0.25, -0.2) is 9.07 Å². The molecule has 0 unspecified atom stereocenters. The van der Waals surface area contributed by atoms with Gasteiger partial charge >= 0.3 is 0 Å². The highest BCUT2D eigenvalue weighted by molar-refractivity contribution is 5.94. The maximum absolute atomic E-state index is 13.5. The lowest BCUT2D eigenvalue weighted by molar-refractivity contribution is 0.0924. The van der Waals surface area contributed by atoms with Gasteiger partial charge in [0.15, 0.2) is 5.69 Å². The van der Waals surface area contributed by atoms with E-state index in [1.807, 2.05) is 11.6 Å². The molecule has 1 aromatic carbocycles. The van der Waals surface area contributed by atoms with Gasteiger partial charge < -0.3 is 16.0 Å². The van der Waals surface area contributed by atoms with E-state index in [9.17, 15) is 14.0 Å². The van der Waals surface area contributed by atoms with Crippen molar-refractivity contribution in [3.63, 3.8) is 0 Å². The second-order valence-corrected chi connectivity index (χ2v) is 6.92. The molecule has 158 valence electrons. The SMILES string of the molecule is Cc1ccc(C(=O)NCCNC(=O)c2nnn(C3CCNCC3)c2C)cc1F.Cl. The Labute approximate surface area is 175 Å². The van der Waals surface area contributed by atoms with Crippen LogP contribution in [-0.2, 0) is 0 Å². The van der Waals surface area contributed by atoms with E-state index in [2.05, 4.69) is 26.3 Å². The Morgan fingerprint density at radius 1 is 1.17 bits per heavy atom. The van der Waals surface area contributed by atoms with E-state index in [0.717, 1.165) is 31.6 Å². The zero-order valence-electron chi connectivity index (χ0n) is 16.5. The number of piperidine rings is 1. The van der Waals surface area contributed by atoms with Crippen LogP contribution in [0.5, 0.6) is 0 Å². The van der Waals surface area contributed by atoms with E-state index in [4.69, 9.17) is 0 Å². The van der Waals surface area contributed by atoms with Crippen LogP contribution in [-0.4, -0.2) is 53.0 Å². The average molecular weight is 425 g/mol. The molecule has 0 spiro atoms. The molecular formula is C19H26ClFN6O2. The molecule has 29 heavy (non-hydrogen) atoms. The summed E-state index contributed by atoms with van der Waals surface area (Å²) in [5.74, 6) is -1.14. The van der Waals surface area contributed by atoms with Gasteiger partial charge in [-0.15, -0.1) is 17.5 Å². The molecule has 2 amide bonds. The molecule has 1 fully saturated rings. The fraction of sp³-hybridized carbons (Fsp3) is 0.474. The van der Waals surface area contributed by atoms with Crippen LogP contribution in [0.4, 0.5) is 4.39 Å². The fourth-order valence-electron chi connectivity index (χ4n) is 3.22. The monoisotopic (exact) mass is 424 g/mol. The molecule has 8 nitrogen and oxygen atoms in total. The first-order chi connectivity index (χ1) is 13.5. The molecule has 0 radical (unpaired) electrons. The molecule has 2 aromatic rings. The third kappa shape index (κ3) is 5.51. The number of halogens is 2. The van der Waals surface area contributed by atoms with Crippen LogP contribution in [0, 0.1) is 19.7 Å². The van der Waals surface area contributed by atoms with Crippen LogP contribution in [0.3, 0.4) is 0 Å². The molecule has 1 aromatic heterocycles. The number of nitrogens with one attached hydrogen (secondary N) is 3. The minimum absolute atomic E-state index is 0. The lowest BCUT2D eigenvalue weighted by Gasteiger charge is -2.23. The summed E-state index contributed by atoms with van der Waals surface area (Å²) in [5, 5.41) is 16.8. The number of amides is 2. The number of nitrogens with zero attached hydrogens (tertiary/aromatic N) is 3. The van der Waals surface area contributed by atoms with Gasteiger partial charge in [-0.2, -0.15) is 0 Å². The summed E-state index contributed by atoms with van der Waals surface area (Å²) in [4.78, 5) is 24.4. The van der Waals surface area contributed by atoms with Crippen molar-refractivity contribution < 1.29 is 14.0 Å². The molecule has 0 atom stereocenters. The van der Waals surface area contributed by atoms with Crippen molar-refractivity contribution in [2.45, 2.75) is 32.7 Å². The number of hydrogen-bond acceptors (Lipinski definition) is 5. The third-order valence-corrected chi connectivity index (χ3v) is 4.93. The van der Waals surface area contributed by atoms with E-state index in [1.54, 1.807) is 19.1 Å². The number of aryl methyl sites for hydroxylation is 1. The van der Waals surface area contributed by atoms with Crippen molar-refractivity contribution in [3.05, 3.63) is 46.5 Å². The first-order valence-electron chi connectivity index (χ1n) is 9.42. The van der Waals surface area contributed by atoms with Gasteiger partial charge in [-0.05, 0) is 57.5 Å². The summed E-state index contributed by atoms with van der Waals surface area (Å²) in [6.45, 7) is 5.78. The van der Waals surface area contributed by atoms with E-state index < -0.39 is 5.82 Å². The first-order valence-corrected chi connectivity index (χ1v) is 9.42. The summed E-state index contributed by atoms with van der Waals surface area (Å²) < 4.78 is 15.4. The van der Waals surface area contributed by atoms with Crippen LogP contribution < -0.4 is 16.0 Å². The summed E-state index contributed by atoms with van der Waals surface area (Å²) in [6, 6.07) is 4.57. The second-order valence-electron chi connectivity index (χ2n) is 6.92. The highest BCUT2D eigenvalue weighted by Crippen LogP contribution is 2.20. The Hall–Kier alpha value is -2.52. The van der Waals surface area contributed by atoms with E-state index >= 15 is 0 Å². The fourth-order valence-corrected chi connectivity index (χ4v) is 3.22. The van der Waals surface area contributed by atoms with Gasteiger partial charge in [-0.3, -0.25) is 9.59 Å². The Balaban J connectivity index is 0.00000300. The highest BCUT2D eigenvalue weighted by atomic mass is 35.5. The van der Waals surface area contributed by atoms with Gasteiger partial charge in [0, 0.05) is 18.7 Å². The van der Waals surface area contributed by atoms with Gasteiger partial charge in [-0.1, -0.05) is 11.3 Å². The van der Waals surface area contributed by atoms with Crippen LogP contribution in [0.15, 0.2) is 18.2 Å². The number of rotatable bonds is 6. The molecule has 1 aliphatic rings. The smallest absolute Gasteiger partial charge is 0.273 e. The van der Waals surface area contributed by atoms with Crippen LogP contribution in [0.1, 0.15) is 51.0 Å². The van der Waals surface area contributed by atoms with Crippen molar-refractivity contribution in [1.82, 2.24) is 30.9 Å². The van der Waals surface area contributed by atoms with Gasteiger partial charge in [0.2, 0.25) is 0 Å². The molecule has 1 aliphatic heterocycles. The summed E-state index contributed by atoms with van der Waals surface area (Å²) >= 11 is 0. The van der Waals surface area contributed by atoms with Crippen molar-refractivity contribution in [1.29, 1.82) is 0 Å². The van der Waals surface area contributed by atoms with Crippen LogP contribution in [0.25, 0.3) is 0 Å². The Kier molecular flexibility index (Phi) is 8.10. The number of benzene rings is 1. The quantitative estimate of drug-likeness (QED) is 0.611. The zero-order valence-corrected chi connectivity index (χ0v) is 17.3. The third-order valence-electron chi connectivity index (χ3n) is 4.93. The topological polar surface area (TPSA) is 101 Å². The van der Waals surface area contributed by atoms with Crippen LogP contribution in [0.2, 0.25) is 0 Å². The number of carbonyl (C=O) groups excluding carboxylic acids is 2. The van der Waals surface area contributed by atoms with Gasteiger partial charge in [0.05, 0.1) is 11.7 Å². The Morgan fingerprint density at radius 3 is 2.48 bits per heavy atom. The predicted octanol–water partition coefficient (Wildman–Crippen LogP) is 1.54. The van der Waals surface area contributed by atoms with Crippen molar-refractivity contribution in [2.75, 3.05) is 26.2 Å². The number of carbonyl (C=O) groups is 2. The summed E-state index contributed by atoms with van der Waals surface area (Å²) in [6.07, 6.45) is 1.91. The predicted molar refractivity (Wildman–Crippen MR) is 109 cm³/mol. The van der Waals surface area contributed by atoms with E-state index in [1.165, 1.54) is 6.07 Å². The summed E-state index contributed by atoms with van der Waals surface area (Å²) in [7, 11) is 0. The molecule has 1 saturated heterocycles. The van der Waals surface area contributed by atoms with E-state index in [0.29, 0.717) is 11.3 Å². The first kappa shape index (κ1) is 22.8. The van der Waals surface area contributed by atoms with Gasteiger partial charge in [0.1, 0.15) is 5.82 Å². The van der Waals surface area contributed by atoms with Crippen molar-refractivity contribution in [3.8, 4) is 0 Å². The van der Waals surface area contributed by atoms with Gasteiger partial charge in [0.25, 0.3) is 11.8 Å². The maximum atomic E-state index is 13.5. The molecule has 0 bridgehead atoms. The van der Waals surface area contributed by atoms with Crippen molar-refractivity contribution in [2.24, 2.45) is 0 Å². The standard InChI is InChI=1S/C19H25FN6O2.ClH/c1-12-3-4-14(11-16(12)20)18(27)22-9-10-23-19(28)17-13(2)26(25-24-17)15-5-7-21-8-6-15;/h3-4,11,15,21H,5-10H2,1-2H3,(H,22,27)(H,23,28);1H. The molecule has 0 aliphatic carbocycles. The molecule has 10 heteroatoms. The lowest BCUT2D eigenvalue weighted by atomic mass is 10.1.